The van der Waals surface area contributed by atoms with Gasteiger partial charge in [-0.2, -0.15) is 0 Å². The third-order valence-corrected chi connectivity index (χ3v) is 25.0. The summed E-state index contributed by atoms with van der Waals surface area (Å²) in [6.45, 7) is 0. The van der Waals surface area contributed by atoms with E-state index in [4.69, 9.17) is 0 Å². The van der Waals surface area contributed by atoms with Gasteiger partial charge in [0, 0.05) is 10.8 Å². The summed E-state index contributed by atoms with van der Waals surface area (Å²) in [7, 11) is -5.60. The average molecular weight is 924 g/mol. The second-order valence-corrected chi connectivity index (χ2v) is 26.3. The molecule has 0 unspecified atom stereocenters. The number of para-hydroxylation sites is 3. The summed E-state index contributed by atoms with van der Waals surface area (Å²) in [4.78, 5) is 0. The van der Waals surface area contributed by atoms with Crippen LogP contribution in [-0.2, 0) is 5.41 Å². The van der Waals surface area contributed by atoms with Crippen LogP contribution < -0.4 is 41.5 Å². The molecule has 3 heteroatoms. The van der Waals surface area contributed by atoms with E-state index in [2.05, 4.69) is 302 Å². The van der Waals surface area contributed by atoms with Crippen LogP contribution in [0.1, 0.15) is 22.3 Å². The Hall–Kier alpha value is -8.35. The van der Waals surface area contributed by atoms with Crippen molar-refractivity contribution < 1.29 is 0 Å². The Labute approximate surface area is 412 Å². The van der Waals surface area contributed by atoms with Gasteiger partial charge in [0.1, 0.15) is 0 Å². The lowest BCUT2D eigenvalue weighted by Crippen LogP contribution is -2.74. The molecule has 330 valence electrons. The highest BCUT2D eigenvalue weighted by molar-refractivity contribution is 7.20. The Morgan fingerprint density at radius 2 is 0.557 bits per heavy atom. The molecule has 0 radical (unpaired) electrons. The van der Waals surface area contributed by atoms with Gasteiger partial charge >= 0.3 is 0 Å². The van der Waals surface area contributed by atoms with Crippen molar-refractivity contribution in [1.29, 1.82) is 0 Å². The average Bonchev–Trinajstić information content (AvgIpc) is 3.79. The molecule has 11 aromatic carbocycles. The maximum absolute atomic E-state index is 2.80. The minimum atomic E-state index is -2.80. The highest BCUT2D eigenvalue weighted by Gasteiger charge is 2.48. The second-order valence-electron chi connectivity index (χ2n) is 18.7. The van der Waals surface area contributed by atoms with Crippen molar-refractivity contribution >= 4 is 79.4 Å². The maximum Gasteiger partial charge on any atom is 0.179 e. The molecule has 70 heavy (non-hydrogen) atoms. The van der Waals surface area contributed by atoms with Crippen LogP contribution in [0.4, 0.5) is 0 Å². The number of rotatable bonds is 10. The Morgan fingerprint density at radius 1 is 0.243 bits per heavy atom. The number of benzene rings is 11. The van der Waals surface area contributed by atoms with E-state index < -0.39 is 21.6 Å². The van der Waals surface area contributed by atoms with Crippen molar-refractivity contribution in [3.63, 3.8) is 0 Å². The molecule has 0 bridgehead atoms. The highest BCUT2D eigenvalue weighted by Crippen LogP contribution is 2.54. The van der Waals surface area contributed by atoms with Crippen molar-refractivity contribution in [3.05, 3.63) is 320 Å². The first-order valence-corrected chi connectivity index (χ1v) is 28.4. The smallest absolute Gasteiger partial charge is 0.179 e. The van der Waals surface area contributed by atoms with Gasteiger partial charge < -0.3 is 4.57 Å². The molecule has 1 aliphatic heterocycles. The van der Waals surface area contributed by atoms with Crippen LogP contribution in [0.3, 0.4) is 0 Å². The van der Waals surface area contributed by atoms with Crippen molar-refractivity contribution in [2.75, 3.05) is 0 Å². The number of hydrogen-bond acceptors (Lipinski definition) is 0. The topological polar surface area (TPSA) is 4.93 Å². The lowest BCUT2D eigenvalue weighted by molar-refractivity contribution is 0.728. The van der Waals surface area contributed by atoms with E-state index in [0.29, 0.717) is 0 Å². The lowest BCUT2D eigenvalue weighted by Gasteiger charge is -2.42. The van der Waals surface area contributed by atoms with Gasteiger partial charge in [0.15, 0.2) is 16.1 Å². The molecule has 0 atom stereocenters. The summed E-state index contributed by atoms with van der Waals surface area (Å²) >= 11 is 0. The number of fused-ring (bicyclic) bond motifs is 5. The van der Waals surface area contributed by atoms with E-state index in [1.54, 1.807) is 0 Å². The Bertz CT molecular complexity index is 3420. The lowest BCUT2D eigenvalue weighted by atomic mass is 9.63. The maximum atomic E-state index is 2.53. The highest BCUT2D eigenvalue weighted by atomic mass is 28.3. The van der Waals surface area contributed by atoms with E-state index in [0.717, 1.165) is 0 Å². The molecule has 1 nitrogen and oxygen atoms in total. The molecule has 12 aromatic rings. The van der Waals surface area contributed by atoms with Crippen LogP contribution in [0, 0.1) is 0 Å². The second kappa shape index (κ2) is 17.0. The minimum absolute atomic E-state index is 0.676. The zero-order valence-electron chi connectivity index (χ0n) is 38.7. The van der Waals surface area contributed by atoms with E-state index in [1.807, 2.05) is 0 Å². The van der Waals surface area contributed by atoms with Gasteiger partial charge in [0.05, 0.1) is 22.1 Å². The minimum Gasteiger partial charge on any atom is -0.309 e. The first kappa shape index (κ1) is 41.8. The van der Waals surface area contributed by atoms with Crippen molar-refractivity contribution in [1.82, 2.24) is 4.57 Å². The van der Waals surface area contributed by atoms with Gasteiger partial charge in [-0.25, -0.2) is 0 Å². The molecular weight excluding hydrogens is 875 g/mol. The van der Waals surface area contributed by atoms with E-state index in [1.165, 1.54) is 91.2 Å². The zero-order chi connectivity index (χ0) is 46.5. The van der Waals surface area contributed by atoms with Crippen LogP contribution in [-0.4, -0.2) is 20.7 Å². The zero-order valence-corrected chi connectivity index (χ0v) is 40.7. The molecule has 1 aliphatic rings. The largest absolute Gasteiger partial charge is 0.309 e. The number of hydrogen-bond donors (Lipinski definition) is 0. The molecule has 0 N–H and O–H groups in total. The fraction of sp³-hybridized carbons (Fsp3) is 0.0149. The third kappa shape index (κ3) is 6.08. The van der Waals surface area contributed by atoms with E-state index >= 15 is 0 Å². The fourth-order valence-corrected chi connectivity index (χ4v) is 22.0. The van der Waals surface area contributed by atoms with Crippen molar-refractivity contribution in [2.45, 2.75) is 5.41 Å². The molecule has 0 saturated carbocycles. The predicted octanol–water partition coefficient (Wildman–Crippen LogP) is 10.2. The Kier molecular flexibility index (Phi) is 10.2. The van der Waals surface area contributed by atoms with Crippen molar-refractivity contribution in [2.24, 2.45) is 0 Å². The molecule has 2 heterocycles. The molecule has 1 aromatic heterocycles. The van der Waals surface area contributed by atoms with Crippen LogP contribution in [0.25, 0.3) is 27.5 Å². The van der Waals surface area contributed by atoms with Gasteiger partial charge in [-0.05, 0) is 75.9 Å². The van der Waals surface area contributed by atoms with Gasteiger partial charge in [-0.1, -0.05) is 285 Å². The molecule has 0 amide bonds. The SMILES string of the molecule is c1ccc([Si](c2ccccc2)(c2ccccc2)c2ccc(C3(c4ccc([Si](c5ccccc5)(c5ccccc5)c5ccccc5)cc4)c4ccccc4-n4c5ccccc5c5cccc3c54)cc2)cc1. The summed E-state index contributed by atoms with van der Waals surface area (Å²) in [6.07, 6.45) is 0. The standard InChI is InChI=1S/C67H49NSi2/c1-7-24-52(25-8-1)69(53-26-9-2-10-27-53,54-28-11-3-12-29-54)58-46-42-50(43-47-58)67(62-38-20-22-41-65(62)68-64-40-21-19-36-60(64)61-37-23-39-63(67)66(61)68)51-44-48-59(49-45-51)70(55-30-13-4-14-31-55,56-32-15-5-16-33-56)57-34-17-6-18-35-57/h1-49H. The molecule has 0 spiro atoms. The van der Waals surface area contributed by atoms with Gasteiger partial charge in [-0.3, -0.25) is 0 Å². The molecule has 13 rings (SSSR count). The van der Waals surface area contributed by atoms with E-state index in [9.17, 15) is 0 Å². The van der Waals surface area contributed by atoms with Crippen LogP contribution in [0.5, 0.6) is 0 Å². The number of nitrogens with zero attached hydrogens (tertiary/aromatic N) is 1. The molecule has 0 saturated heterocycles. The summed E-state index contributed by atoms with van der Waals surface area (Å²) in [5.41, 5.74) is 8.08. The van der Waals surface area contributed by atoms with Gasteiger partial charge in [0.25, 0.3) is 0 Å². The summed E-state index contributed by atoms with van der Waals surface area (Å²) < 4.78 is 2.53. The summed E-state index contributed by atoms with van der Waals surface area (Å²) in [5, 5.41) is 13.4. The van der Waals surface area contributed by atoms with Crippen LogP contribution in [0.2, 0.25) is 0 Å². The summed E-state index contributed by atoms with van der Waals surface area (Å²) in [5.74, 6) is 0. The molecule has 0 aliphatic carbocycles. The quantitative estimate of drug-likeness (QED) is 0.0952. The Balaban J connectivity index is 1.11. The molecular formula is C67H49NSi2. The van der Waals surface area contributed by atoms with Crippen LogP contribution in [0.15, 0.2) is 297 Å². The number of aromatic nitrogens is 1. The summed E-state index contributed by atoms with van der Waals surface area (Å²) in [6, 6.07) is 113. The molecule has 0 fully saturated rings. The van der Waals surface area contributed by atoms with E-state index in [-0.39, 0.29) is 0 Å². The van der Waals surface area contributed by atoms with Gasteiger partial charge in [-0.15, -0.1) is 0 Å². The third-order valence-electron chi connectivity index (χ3n) is 15.4. The first-order chi connectivity index (χ1) is 34.7. The fourth-order valence-electron chi connectivity index (χ4n) is 12.6. The Morgan fingerprint density at radius 3 is 0.971 bits per heavy atom. The normalized spacial score (nSPS) is 13.0. The predicted molar refractivity (Wildman–Crippen MR) is 300 cm³/mol. The van der Waals surface area contributed by atoms with Crippen molar-refractivity contribution in [3.8, 4) is 5.69 Å². The van der Waals surface area contributed by atoms with Crippen LogP contribution >= 0.6 is 0 Å². The first-order valence-electron chi connectivity index (χ1n) is 24.4. The monoisotopic (exact) mass is 923 g/mol. The van der Waals surface area contributed by atoms with Gasteiger partial charge in [0.2, 0.25) is 0 Å².